The lowest BCUT2D eigenvalue weighted by atomic mass is 10.4. The van der Waals surface area contributed by atoms with Crippen molar-refractivity contribution in [1.29, 1.82) is 0 Å². The Bertz CT molecular complexity index is 303. The highest BCUT2D eigenvalue weighted by Gasteiger charge is 1.90. The van der Waals surface area contributed by atoms with Gasteiger partial charge in [-0.05, 0) is 28.2 Å². The molecule has 0 saturated carbocycles. The minimum Gasteiger partial charge on any atom is -0.478 e. The van der Waals surface area contributed by atoms with Gasteiger partial charge in [0.15, 0.2) is 0 Å². The van der Waals surface area contributed by atoms with Gasteiger partial charge in [-0.1, -0.05) is 6.58 Å². The van der Waals surface area contributed by atoms with Gasteiger partial charge in [0, 0.05) is 15.4 Å². The minimum atomic E-state index is -1.17. The van der Waals surface area contributed by atoms with E-state index in [9.17, 15) is 9.59 Å². The van der Waals surface area contributed by atoms with Crippen LogP contribution in [0.4, 0.5) is 4.79 Å². The molecule has 0 aliphatic rings. The third kappa shape index (κ3) is 12.2. The number of hydrogen-bond acceptors (Lipinski definition) is 2. The van der Waals surface area contributed by atoms with Crippen molar-refractivity contribution in [2.45, 2.75) is 6.92 Å². The van der Waals surface area contributed by atoms with Gasteiger partial charge in [0.25, 0.3) is 0 Å². The summed E-state index contributed by atoms with van der Waals surface area (Å²) in [5.41, 5.74) is 15.2. The highest BCUT2D eigenvalue weighted by molar-refractivity contribution is 5.84. The quantitative estimate of drug-likeness (QED) is 0.297. The Morgan fingerprint density at radius 1 is 1.29 bits per heavy atom. The van der Waals surface area contributed by atoms with Gasteiger partial charge < -0.3 is 5.11 Å². The van der Waals surface area contributed by atoms with E-state index >= 15 is 0 Å². The highest BCUT2D eigenvalue weighted by Crippen LogP contribution is 1.81. The van der Waals surface area contributed by atoms with Gasteiger partial charge in [-0.25, -0.2) is 4.79 Å². The first-order valence-corrected chi connectivity index (χ1v) is 2.98. The summed E-state index contributed by atoms with van der Waals surface area (Å²) in [5, 5.41) is 12.8. The van der Waals surface area contributed by atoms with Crippen LogP contribution in [0.5, 0.6) is 0 Å². The van der Waals surface area contributed by atoms with Crippen LogP contribution in [0.15, 0.2) is 22.4 Å². The number of urea groups is 1. The van der Waals surface area contributed by atoms with Crippen LogP contribution in [0.25, 0.3) is 20.9 Å². The smallest absolute Gasteiger partial charge is 0.330 e. The van der Waals surface area contributed by atoms with Gasteiger partial charge in [0.1, 0.15) is 0 Å². The summed E-state index contributed by atoms with van der Waals surface area (Å²) in [6, 6.07) is -1.17. The Hall–Kier alpha value is -2.50. The average molecular weight is 198 g/mol. The zero-order chi connectivity index (χ0) is 11.6. The van der Waals surface area contributed by atoms with Crippen LogP contribution < -0.4 is 0 Å². The molecule has 0 aliphatic carbocycles. The van der Waals surface area contributed by atoms with Gasteiger partial charge in [-0.15, -0.1) is 0 Å². The Labute approximate surface area is 77.9 Å². The number of carbonyl (C=O) groups excluding carboxylic acids is 1. The lowest BCUT2D eigenvalue weighted by molar-refractivity contribution is -0.132. The van der Waals surface area contributed by atoms with Crippen molar-refractivity contribution in [3.8, 4) is 0 Å². The van der Waals surface area contributed by atoms with E-state index in [1.165, 1.54) is 6.92 Å². The largest absolute Gasteiger partial charge is 0.478 e. The van der Waals surface area contributed by atoms with Crippen LogP contribution in [0, 0.1) is 0 Å². The Kier molecular flexibility index (Phi) is 8.62. The number of amides is 2. The van der Waals surface area contributed by atoms with E-state index in [4.69, 9.17) is 16.2 Å². The first-order valence-electron chi connectivity index (χ1n) is 2.98. The summed E-state index contributed by atoms with van der Waals surface area (Å²) in [4.78, 5) is 23.5. The number of nitrogens with zero attached hydrogens (tertiary/aromatic N) is 6. The van der Waals surface area contributed by atoms with Crippen LogP contribution in [-0.2, 0) is 4.79 Å². The molecule has 0 aromatic carbocycles. The number of aliphatic carboxylic acids is 1. The van der Waals surface area contributed by atoms with Crippen molar-refractivity contribution >= 4 is 12.0 Å². The van der Waals surface area contributed by atoms with Crippen LogP contribution in [0.2, 0.25) is 0 Å². The summed E-state index contributed by atoms with van der Waals surface area (Å²) < 4.78 is 0. The van der Waals surface area contributed by atoms with Crippen molar-refractivity contribution < 1.29 is 14.7 Å². The fourth-order valence-corrected chi connectivity index (χ4v) is 0.0965. The molecule has 0 unspecified atom stereocenters. The summed E-state index contributed by atoms with van der Waals surface area (Å²) in [5.74, 6) is -0.935. The SMILES string of the molecule is C=C(C)C(=O)O.[N-]=[N+]=NC(=O)N=[N+]=[N-]. The van der Waals surface area contributed by atoms with Crippen molar-refractivity contribution in [3.63, 3.8) is 0 Å². The predicted octanol–water partition coefficient (Wildman–Crippen LogP) is 2.37. The molecule has 9 nitrogen and oxygen atoms in total. The van der Waals surface area contributed by atoms with Crippen LogP contribution >= 0.6 is 0 Å². The van der Waals surface area contributed by atoms with E-state index in [-0.39, 0.29) is 5.57 Å². The molecule has 0 fully saturated rings. The predicted molar refractivity (Wildman–Crippen MR) is 46.1 cm³/mol. The van der Waals surface area contributed by atoms with Gasteiger partial charge >= 0.3 is 12.0 Å². The van der Waals surface area contributed by atoms with Crippen molar-refractivity contribution in [2.24, 2.45) is 10.2 Å². The number of hydrogen-bond donors (Lipinski definition) is 1. The number of carboxylic acids is 1. The third-order valence-electron chi connectivity index (χ3n) is 0.626. The Morgan fingerprint density at radius 2 is 1.57 bits per heavy atom. The molecule has 0 rings (SSSR count). The Balaban J connectivity index is 0. The molecule has 0 aromatic rings. The topological polar surface area (TPSA) is 152 Å². The van der Waals surface area contributed by atoms with E-state index in [0.29, 0.717) is 0 Å². The molecule has 9 heteroatoms. The van der Waals surface area contributed by atoms with E-state index in [2.05, 4.69) is 26.6 Å². The summed E-state index contributed by atoms with van der Waals surface area (Å²) in [6.07, 6.45) is 0. The minimum absolute atomic E-state index is 0.176. The third-order valence-corrected chi connectivity index (χ3v) is 0.626. The molecule has 0 spiro atoms. The van der Waals surface area contributed by atoms with Gasteiger partial charge in [0.05, 0.1) is 0 Å². The number of carbonyl (C=O) groups is 2. The molecular formula is C5H6N6O3. The average Bonchev–Trinajstić information content (AvgIpc) is 2.06. The maximum absolute atomic E-state index is 9.80. The molecule has 0 aliphatic heterocycles. The molecule has 14 heavy (non-hydrogen) atoms. The lowest BCUT2D eigenvalue weighted by Gasteiger charge is -1.79. The molecule has 0 aromatic heterocycles. The number of azide groups is 1. The molecular weight excluding hydrogens is 192 g/mol. The number of rotatable bonds is 1. The van der Waals surface area contributed by atoms with E-state index in [1.54, 1.807) is 0 Å². The van der Waals surface area contributed by atoms with Crippen LogP contribution in [0.3, 0.4) is 0 Å². The fraction of sp³-hybridized carbons (Fsp3) is 0.200. The maximum atomic E-state index is 9.80. The highest BCUT2D eigenvalue weighted by atomic mass is 16.4. The summed E-state index contributed by atoms with van der Waals surface area (Å²) >= 11 is 0. The van der Waals surface area contributed by atoms with Gasteiger partial charge in [-0.3, -0.25) is 4.79 Å². The standard InChI is InChI=1S/C4H6O2.CN6O/c1-3(2)4(5)6;2-6-4-1(8)5-7-3/h1H2,2H3,(H,5,6);. The fourth-order valence-electron chi connectivity index (χ4n) is 0.0965. The van der Waals surface area contributed by atoms with Crippen molar-refractivity contribution in [2.75, 3.05) is 0 Å². The van der Waals surface area contributed by atoms with Gasteiger partial charge in [0.2, 0.25) is 0 Å². The Morgan fingerprint density at radius 3 is 1.71 bits per heavy atom. The molecule has 0 heterocycles. The normalized spacial score (nSPS) is 6.64. The molecule has 0 bridgehead atoms. The van der Waals surface area contributed by atoms with E-state index in [1.807, 2.05) is 0 Å². The van der Waals surface area contributed by atoms with Crippen LogP contribution in [-0.4, -0.2) is 17.1 Å². The number of carboxylic acid groups (broad SMARTS) is 1. The lowest BCUT2D eigenvalue weighted by Crippen LogP contribution is -1.92. The second kappa shape index (κ2) is 8.60. The van der Waals surface area contributed by atoms with E-state index in [0.717, 1.165) is 0 Å². The monoisotopic (exact) mass is 198 g/mol. The van der Waals surface area contributed by atoms with Crippen molar-refractivity contribution in [3.05, 3.63) is 33.0 Å². The van der Waals surface area contributed by atoms with Crippen LogP contribution in [0.1, 0.15) is 6.92 Å². The zero-order valence-electron chi connectivity index (χ0n) is 7.15. The summed E-state index contributed by atoms with van der Waals surface area (Å²) in [6.45, 7) is 4.60. The first kappa shape index (κ1) is 14.0. The summed E-state index contributed by atoms with van der Waals surface area (Å²) in [7, 11) is 0. The molecule has 74 valence electrons. The van der Waals surface area contributed by atoms with E-state index < -0.39 is 12.0 Å². The van der Waals surface area contributed by atoms with Gasteiger partial charge in [-0.2, -0.15) is 0 Å². The molecule has 0 atom stereocenters. The molecule has 1 N–H and O–H groups in total. The van der Waals surface area contributed by atoms with Crippen molar-refractivity contribution in [1.82, 2.24) is 0 Å². The molecule has 0 radical (unpaired) electrons. The molecule has 2 amide bonds. The molecule has 0 saturated heterocycles. The zero-order valence-corrected chi connectivity index (χ0v) is 7.15. The maximum Gasteiger partial charge on any atom is 0.330 e. The second-order valence-electron chi connectivity index (χ2n) is 1.75. The second-order valence-corrected chi connectivity index (χ2v) is 1.75. The first-order chi connectivity index (χ1) is 6.45.